The minimum absolute atomic E-state index is 0.213. The van der Waals surface area contributed by atoms with Crippen molar-refractivity contribution in [1.29, 1.82) is 0 Å². The van der Waals surface area contributed by atoms with E-state index in [1.165, 1.54) is 0 Å². The van der Waals surface area contributed by atoms with Crippen LogP contribution in [0.25, 0.3) is 5.69 Å². The maximum absolute atomic E-state index is 10.4. The SMILES string of the molecule is O=C(O)CCCCc1cn(-c2cccc(I)c2)nn1. The third-order valence-electron chi connectivity index (χ3n) is 2.69. The van der Waals surface area contributed by atoms with Crippen LogP contribution in [0, 0.1) is 3.57 Å². The van der Waals surface area contributed by atoms with Crippen LogP contribution in [0.3, 0.4) is 0 Å². The molecule has 0 unspecified atom stereocenters. The van der Waals surface area contributed by atoms with Gasteiger partial charge in [0, 0.05) is 9.99 Å². The Balaban J connectivity index is 1.94. The molecule has 0 atom stereocenters. The molecular formula is C13H14IN3O2. The predicted molar refractivity (Wildman–Crippen MR) is 79.3 cm³/mol. The first-order valence-corrected chi connectivity index (χ1v) is 7.12. The van der Waals surface area contributed by atoms with Crippen LogP contribution in [-0.4, -0.2) is 26.1 Å². The van der Waals surface area contributed by atoms with Gasteiger partial charge in [-0.25, -0.2) is 4.68 Å². The topological polar surface area (TPSA) is 68.0 Å². The molecule has 1 N–H and O–H groups in total. The molecule has 0 aliphatic heterocycles. The van der Waals surface area contributed by atoms with Gasteiger partial charge in [-0.1, -0.05) is 11.3 Å². The number of carboxylic acid groups (broad SMARTS) is 1. The van der Waals surface area contributed by atoms with E-state index in [-0.39, 0.29) is 6.42 Å². The zero-order chi connectivity index (χ0) is 13.7. The lowest BCUT2D eigenvalue weighted by Gasteiger charge is -1.99. The van der Waals surface area contributed by atoms with Gasteiger partial charge in [0.1, 0.15) is 0 Å². The van der Waals surface area contributed by atoms with Crippen LogP contribution < -0.4 is 0 Å². The van der Waals surface area contributed by atoms with Crippen molar-refractivity contribution < 1.29 is 9.90 Å². The maximum Gasteiger partial charge on any atom is 0.303 e. The van der Waals surface area contributed by atoms with Crippen LogP contribution in [0.15, 0.2) is 30.5 Å². The number of aryl methyl sites for hydroxylation is 1. The molecule has 2 aromatic rings. The number of carboxylic acids is 1. The average molecular weight is 371 g/mol. The van der Waals surface area contributed by atoms with Gasteiger partial charge in [0.2, 0.25) is 0 Å². The molecule has 100 valence electrons. The number of nitrogens with zero attached hydrogens (tertiary/aromatic N) is 3. The summed E-state index contributed by atoms with van der Waals surface area (Å²) in [4.78, 5) is 10.4. The summed E-state index contributed by atoms with van der Waals surface area (Å²) in [6.07, 6.45) is 4.36. The highest BCUT2D eigenvalue weighted by atomic mass is 127. The first-order chi connectivity index (χ1) is 9.15. The monoisotopic (exact) mass is 371 g/mol. The summed E-state index contributed by atoms with van der Waals surface area (Å²) in [5.74, 6) is -0.748. The number of aliphatic carboxylic acids is 1. The lowest BCUT2D eigenvalue weighted by molar-refractivity contribution is -0.137. The Morgan fingerprint density at radius 1 is 1.37 bits per heavy atom. The van der Waals surface area contributed by atoms with Crippen molar-refractivity contribution >= 4 is 28.6 Å². The first kappa shape index (κ1) is 14.0. The molecule has 0 aliphatic carbocycles. The Kier molecular flexibility index (Phi) is 4.89. The number of rotatable bonds is 6. The van der Waals surface area contributed by atoms with Gasteiger partial charge in [0.25, 0.3) is 0 Å². The van der Waals surface area contributed by atoms with E-state index in [0.717, 1.165) is 27.8 Å². The van der Waals surface area contributed by atoms with E-state index >= 15 is 0 Å². The van der Waals surface area contributed by atoms with Crippen LogP contribution in [-0.2, 0) is 11.2 Å². The van der Waals surface area contributed by atoms with Gasteiger partial charge in [0.15, 0.2) is 0 Å². The second-order valence-corrected chi connectivity index (χ2v) is 5.48. The van der Waals surface area contributed by atoms with Gasteiger partial charge < -0.3 is 5.11 Å². The number of unbranched alkanes of at least 4 members (excludes halogenated alkanes) is 1. The molecule has 0 fully saturated rings. The van der Waals surface area contributed by atoms with Crippen molar-refractivity contribution in [2.24, 2.45) is 0 Å². The van der Waals surface area contributed by atoms with Crippen LogP contribution in [0.5, 0.6) is 0 Å². The van der Waals surface area contributed by atoms with Crippen molar-refractivity contribution in [2.45, 2.75) is 25.7 Å². The summed E-state index contributed by atoms with van der Waals surface area (Å²) in [6.45, 7) is 0. The summed E-state index contributed by atoms with van der Waals surface area (Å²) < 4.78 is 2.89. The Morgan fingerprint density at radius 3 is 2.95 bits per heavy atom. The molecule has 2 rings (SSSR count). The number of hydrogen-bond donors (Lipinski definition) is 1. The summed E-state index contributed by atoms with van der Waals surface area (Å²) in [5, 5.41) is 16.7. The molecule has 1 heterocycles. The second-order valence-electron chi connectivity index (χ2n) is 4.24. The zero-order valence-electron chi connectivity index (χ0n) is 10.3. The molecule has 0 saturated carbocycles. The lowest BCUT2D eigenvalue weighted by Crippen LogP contribution is -1.95. The highest BCUT2D eigenvalue weighted by molar-refractivity contribution is 14.1. The van der Waals surface area contributed by atoms with E-state index in [2.05, 4.69) is 32.9 Å². The van der Waals surface area contributed by atoms with Crippen molar-refractivity contribution in [1.82, 2.24) is 15.0 Å². The normalized spacial score (nSPS) is 10.6. The van der Waals surface area contributed by atoms with Crippen LogP contribution in [0.4, 0.5) is 0 Å². The van der Waals surface area contributed by atoms with E-state index in [0.29, 0.717) is 6.42 Å². The zero-order valence-corrected chi connectivity index (χ0v) is 12.4. The molecule has 5 nitrogen and oxygen atoms in total. The summed E-state index contributed by atoms with van der Waals surface area (Å²) in [5.41, 5.74) is 1.88. The van der Waals surface area contributed by atoms with Gasteiger partial charge in [-0.3, -0.25) is 4.79 Å². The third-order valence-corrected chi connectivity index (χ3v) is 3.36. The standard InChI is InChI=1S/C13H14IN3O2/c14-10-4-3-6-12(8-10)17-9-11(15-16-17)5-1-2-7-13(18)19/h3-4,6,8-9H,1-2,5,7H2,(H,18,19). The van der Waals surface area contributed by atoms with Gasteiger partial charge >= 0.3 is 5.97 Å². The highest BCUT2D eigenvalue weighted by Gasteiger charge is 2.04. The Bertz CT molecular complexity index is 569. The maximum atomic E-state index is 10.4. The Morgan fingerprint density at radius 2 is 2.21 bits per heavy atom. The van der Waals surface area contributed by atoms with E-state index in [1.54, 1.807) is 4.68 Å². The highest BCUT2D eigenvalue weighted by Crippen LogP contribution is 2.12. The molecule has 0 saturated heterocycles. The van der Waals surface area contributed by atoms with Gasteiger partial charge in [-0.05, 0) is 60.1 Å². The first-order valence-electron chi connectivity index (χ1n) is 6.04. The summed E-state index contributed by atoms with van der Waals surface area (Å²) in [6, 6.07) is 8.01. The Labute approximate surface area is 124 Å². The third kappa shape index (κ3) is 4.30. The van der Waals surface area contributed by atoms with Crippen LogP contribution in [0.1, 0.15) is 25.0 Å². The van der Waals surface area contributed by atoms with Crippen LogP contribution >= 0.6 is 22.6 Å². The Hall–Kier alpha value is -1.44. The molecule has 0 amide bonds. The second kappa shape index (κ2) is 6.65. The van der Waals surface area contributed by atoms with E-state index in [4.69, 9.17) is 5.11 Å². The van der Waals surface area contributed by atoms with Crippen molar-refractivity contribution in [3.8, 4) is 5.69 Å². The fraction of sp³-hybridized carbons (Fsp3) is 0.308. The number of hydrogen-bond acceptors (Lipinski definition) is 3. The molecule has 0 aliphatic rings. The molecule has 0 bridgehead atoms. The molecule has 19 heavy (non-hydrogen) atoms. The largest absolute Gasteiger partial charge is 0.481 e. The molecular weight excluding hydrogens is 357 g/mol. The minimum Gasteiger partial charge on any atom is -0.481 e. The molecule has 1 aromatic carbocycles. The molecule has 0 radical (unpaired) electrons. The number of benzene rings is 1. The fourth-order valence-electron chi connectivity index (χ4n) is 1.74. The number of halogens is 1. The van der Waals surface area contributed by atoms with Gasteiger partial charge in [-0.2, -0.15) is 0 Å². The minimum atomic E-state index is -0.748. The summed E-state index contributed by atoms with van der Waals surface area (Å²) in [7, 11) is 0. The van der Waals surface area contributed by atoms with Crippen molar-refractivity contribution in [2.75, 3.05) is 0 Å². The average Bonchev–Trinajstić information content (AvgIpc) is 2.83. The predicted octanol–water partition coefficient (Wildman–Crippen LogP) is 2.67. The molecule has 6 heteroatoms. The smallest absolute Gasteiger partial charge is 0.303 e. The van der Waals surface area contributed by atoms with Crippen molar-refractivity contribution in [3.63, 3.8) is 0 Å². The lowest BCUT2D eigenvalue weighted by atomic mass is 10.1. The summed E-state index contributed by atoms with van der Waals surface area (Å²) >= 11 is 2.26. The number of carbonyl (C=O) groups is 1. The van der Waals surface area contributed by atoms with Gasteiger partial charge in [0.05, 0.1) is 17.6 Å². The fourth-order valence-corrected chi connectivity index (χ4v) is 2.27. The van der Waals surface area contributed by atoms with E-state index < -0.39 is 5.97 Å². The number of aromatic nitrogens is 3. The quantitative estimate of drug-likeness (QED) is 0.626. The van der Waals surface area contributed by atoms with Crippen LogP contribution in [0.2, 0.25) is 0 Å². The molecule has 1 aromatic heterocycles. The van der Waals surface area contributed by atoms with E-state index in [9.17, 15) is 4.79 Å². The van der Waals surface area contributed by atoms with Gasteiger partial charge in [-0.15, -0.1) is 5.10 Å². The van der Waals surface area contributed by atoms with E-state index in [1.807, 2.05) is 30.5 Å². The molecule has 0 spiro atoms. The van der Waals surface area contributed by atoms with Crippen molar-refractivity contribution in [3.05, 3.63) is 39.7 Å².